The molecule has 0 atom stereocenters. The molecule has 1 aromatic carbocycles. The van der Waals surface area contributed by atoms with Crippen LogP contribution in [0.2, 0.25) is 0 Å². The number of halogens is 3. The van der Waals surface area contributed by atoms with Gasteiger partial charge in [0.2, 0.25) is 0 Å². The number of ether oxygens (including phenoxy) is 2. The monoisotopic (exact) mass is 287 g/mol. The second-order valence-corrected chi connectivity index (χ2v) is 3.91. The first-order chi connectivity index (χ1) is 9.26. The number of esters is 1. The molecule has 0 N–H and O–H groups in total. The molecule has 0 unspecified atom stereocenters. The first-order valence-corrected chi connectivity index (χ1v) is 5.71. The molecule has 0 aliphatic rings. The maximum atomic E-state index is 12.4. The number of carbonyl (C=O) groups is 1. The molecule has 0 fully saturated rings. The fourth-order valence-electron chi connectivity index (χ4n) is 1.65. The van der Waals surface area contributed by atoms with Crippen molar-refractivity contribution in [1.29, 1.82) is 5.26 Å². The minimum atomic E-state index is -4.90. The maximum absolute atomic E-state index is 12.4. The summed E-state index contributed by atoms with van der Waals surface area (Å²) in [6.45, 7) is 3.22. The third-order valence-corrected chi connectivity index (χ3v) is 2.41. The highest BCUT2D eigenvalue weighted by atomic mass is 19.4. The highest BCUT2D eigenvalue weighted by Crippen LogP contribution is 2.30. The van der Waals surface area contributed by atoms with Crippen molar-refractivity contribution < 1.29 is 27.4 Å². The van der Waals surface area contributed by atoms with Crippen molar-refractivity contribution in [2.24, 2.45) is 0 Å². The summed E-state index contributed by atoms with van der Waals surface area (Å²) in [4.78, 5) is 11.4. The maximum Gasteiger partial charge on any atom is 0.573 e. The van der Waals surface area contributed by atoms with Gasteiger partial charge in [-0.3, -0.25) is 4.79 Å². The zero-order chi connectivity index (χ0) is 15.3. The van der Waals surface area contributed by atoms with Gasteiger partial charge in [0, 0.05) is 5.56 Å². The van der Waals surface area contributed by atoms with Gasteiger partial charge in [-0.05, 0) is 31.5 Å². The SMILES string of the molecule is CCOC(=O)Cc1c(C)cc(C#N)cc1OC(F)(F)F. The third kappa shape index (κ3) is 4.46. The average molecular weight is 287 g/mol. The van der Waals surface area contributed by atoms with Gasteiger partial charge in [-0.15, -0.1) is 13.2 Å². The van der Waals surface area contributed by atoms with E-state index in [4.69, 9.17) is 10.00 Å². The summed E-state index contributed by atoms with van der Waals surface area (Å²) in [5, 5.41) is 8.76. The zero-order valence-electron chi connectivity index (χ0n) is 10.9. The molecular formula is C13H12F3NO3. The van der Waals surface area contributed by atoms with Crippen LogP contribution in [0.3, 0.4) is 0 Å². The van der Waals surface area contributed by atoms with E-state index in [2.05, 4.69) is 4.74 Å². The number of nitrogens with zero attached hydrogens (tertiary/aromatic N) is 1. The van der Waals surface area contributed by atoms with Crippen LogP contribution in [-0.2, 0) is 16.0 Å². The van der Waals surface area contributed by atoms with Gasteiger partial charge < -0.3 is 9.47 Å². The van der Waals surface area contributed by atoms with Crippen molar-refractivity contribution in [1.82, 2.24) is 0 Å². The molecule has 0 saturated carbocycles. The first-order valence-electron chi connectivity index (χ1n) is 5.71. The van der Waals surface area contributed by atoms with Crippen molar-refractivity contribution in [2.75, 3.05) is 6.61 Å². The summed E-state index contributed by atoms with van der Waals surface area (Å²) >= 11 is 0. The summed E-state index contributed by atoms with van der Waals surface area (Å²) in [5.41, 5.74) is 0.436. The van der Waals surface area contributed by atoms with Gasteiger partial charge in [-0.1, -0.05) is 0 Å². The van der Waals surface area contributed by atoms with E-state index in [1.807, 2.05) is 0 Å². The van der Waals surface area contributed by atoms with E-state index in [9.17, 15) is 18.0 Å². The molecule has 0 amide bonds. The third-order valence-electron chi connectivity index (χ3n) is 2.41. The van der Waals surface area contributed by atoms with Crippen LogP contribution in [0.5, 0.6) is 5.75 Å². The van der Waals surface area contributed by atoms with E-state index in [0.29, 0.717) is 5.56 Å². The Hall–Kier alpha value is -2.23. The van der Waals surface area contributed by atoms with Crippen molar-refractivity contribution >= 4 is 5.97 Å². The summed E-state index contributed by atoms with van der Waals surface area (Å²) in [5.74, 6) is -1.21. The van der Waals surface area contributed by atoms with Crippen molar-refractivity contribution in [2.45, 2.75) is 26.6 Å². The molecule has 0 spiro atoms. The van der Waals surface area contributed by atoms with Gasteiger partial charge in [-0.2, -0.15) is 5.26 Å². The van der Waals surface area contributed by atoms with Crippen LogP contribution in [-0.4, -0.2) is 18.9 Å². The molecule has 0 aromatic heterocycles. The Labute approximate surface area is 113 Å². The average Bonchev–Trinajstić information content (AvgIpc) is 2.31. The summed E-state index contributed by atoms with van der Waals surface area (Å²) < 4.78 is 45.6. The lowest BCUT2D eigenvalue weighted by molar-refractivity contribution is -0.275. The number of hydrogen-bond donors (Lipinski definition) is 0. The van der Waals surface area contributed by atoms with Gasteiger partial charge >= 0.3 is 12.3 Å². The van der Waals surface area contributed by atoms with Crippen molar-refractivity contribution in [3.63, 3.8) is 0 Å². The number of benzene rings is 1. The molecule has 108 valence electrons. The van der Waals surface area contributed by atoms with E-state index >= 15 is 0 Å². The predicted molar refractivity (Wildman–Crippen MR) is 62.9 cm³/mol. The van der Waals surface area contributed by atoms with Gasteiger partial charge in [0.05, 0.1) is 24.7 Å². The van der Waals surface area contributed by atoms with Crippen LogP contribution in [0.4, 0.5) is 13.2 Å². The van der Waals surface area contributed by atoms with E-state index in [1.165, 1.54) is 13.0 Å². The lowest BCUT2D eigenvalue weighted by atomic mass is 10.0. The molecule has 1 rings (SSSR count). The minimum absolute atomic E-state index is 0.0226. The lowest BCUT2D eigenvalue weighted by Gasteiger charge is -2.15. The molecule has 1 aromatic rings. The molecular weight excluding hydrogens is 275 g/mol. The van der Waals surface area contributed by atoms with Crippen LogP contribution in [0, 0.1) is 18.3 Å². The van der Waals surface area contributed by atoms with E-state index in [-0.39, 0.29) is 24.2 Å². The summed E-state index contributed by atoms with van der Waals surface area (Å²) in [7, 11) is 0. The van der Waals surface area contributed by atoms with E-state index in [1.54, 1.807) is 13.0 Å². The number of carbonyl (C=O) groups excluding carboxylic acids is 1. The highest BCUT2D eigenvalue weighted by molar-refractivity contribution is 5.74. The minimum Gasteiger partial charge on any atom is -0.466 e. The highest BCUT2D eigenvalue weighted by Gasteiger charge is 2.33. The van der Waals surface area contributed by atoms with Gasteiger partial charge in [0.25, 0.3) is 0 Å². The van der Waals surface area contributed by atoms with Crippen LogP contribution in [0.15, 0.2) is 12.1 Å². The molecule has 0 bridgehead atoms. The fourth-order valence-corrected chi connectivity index (χ4v) is 1.65. The lowest BCUT2D eigenvalue weighted by Crippen LogP contribution is -2.19. The summed E-state index contributed by atoms with van der Waals surface area (Å²) in [6, 6.07) is 4.08. The number of nitriles is 1. The van der Waals surface area contributed by atoms with E-state index < -0.39 is 18.1 Å². The zero-order valence-corrected chi connectivity index (χ0v) is 10.9. The molecule has 0 aliphatic heterocycles. The molecule has 4 nitrogen and oxygen atoms in total. The standard InChI is InChI=1S/C13H12F3NO3/c1-3-19-12(18)6-10-8(2)4-9(7-17)5-11(10)20-13(14,15)16/h4-5H,3,6H2,1-2H3. The second kappa shape index (κ2) is 6.28. The van der Waals surface area contributed by atoms with Gasteiger partial charge in [0.15, 0.2) is 0 Å². The number of aryl methyl sites for hydroxylation is 1. The normalized spacial score (nSPS) is 10.8. The number of alkyl halides is 3. The fraction of sp³-hybridized carbons (Fsp3) is 0.385. The molecule has 0 aliphatic carbocycles. The Bertz CT molecular complexity index is 547. The molecule has 0 saturated heterocycles. The number of rotatable bonds is 4. The largest absolute Gasteiger partial charge is 0.573 e. The Morgan fingerprint density at radius 2 is 2.05 bits per heavy atom. The Kier molecular flexibility index (Phi) is 4.97. The molecule has 0 heterocycles. The summed E-state index contributed by atoms with van der Waals surface area (Å²) in [6.07, 6.45) is -5.25. The second-order valence-electron chi connectivity index (χ2n) is 3.91. The van der Waals surface area contributed by atoms with Crippen LogP contribution in [0.25, 0.3) is 0 Å². The van der Waals surface area contributed by atoms with Crippen LogP contribution >= 0.6 is 0 Å². The smallest absolute Gasteiger partial charge is 0.466 e. The van der Waals surface area contributed by atoms with Crippen LogP contribution in [0.1, 0.15) is 23.6 Å². The molecule has 20 heavy (non-hydrogen) atoms. The Balaban J connectivity index is 3.19. The Morgan fingerprint density at radius 3 is 2.55 bits per heavy atom. The van der Waals surface area contributed by atoms with Crippen molar-refractivity contribution in [3.8, 4) is 11.8 Å². The van der Waals surface area contributed by atoms with E-state index in [0.717, 1.165) is 6.07 Å². The topological polar surface area (TPSA) is 59.3 Å². The predicted octanol–water partition coefficient (Wildman–Crippen LogP) is 2.87. The molecule has 0 radical (unpaired) electrons. The molecule has 7 heteroatoms. The number of hydrogen-bond acceptors (Lipinski definition) is 4. The Morgan fingerprint density at radius 1 is 1.40 bits per heavy atom. The van der Waals surface area contributed by atoms with Crippen LogP contribution < -0.4 is 4.74 Å². The van der Waals surface area contributed by atoms with Gasteiger partial charge in [0.1, 0.15) is 5.75 Å². The quantitative estimate of drug-likeness (QED) is 0.799. The van der Waals surface area contributed by atoms with Crippen molar-refractivity contribution in [3.05, 3.63) is 28.8 Å². The van der Waals surface area contributed by atoms with Gasteiger partial charge in [-0.25, -0.2) is 0 Å². The first kappa shape index (κ1) is 15.8.